The molecule has 0 amide bonds. The molecule has 0 fully saturated rings. The van der Waals surface area contributed by atoms with Crippen molar-refractivity contribution < 1.29 is 13.5 Å². The van der Waals surface area contributed by atoms with Crippen molar-refractivity contribution in [1.29, 1.82) is 0 Å². The molecule has 2 nitrogen and oxygen atoms in total. The monoisotopic (exact) mass is 263 g/mol. The van der Waals surface area contributed by atoms with Crippen LogP contribution in [0.1, 0.15) is 12.5 Å². The van der Waals surface area contributed by atoms with Crippen LogP contribution in [0, 0.1) is 11.6 Å². The van der Waals surface area contributed by atoms with Crippen LogP contribution in [0.3, 0.4) is 0 Å². The van der Waals surface area contributed by atoms with Gasteiger partial charge >= 0.3 is 0 Å². The molecule has 19 heavy (non-hydrogen) atoms. The van der Waals surface area contributed by atoms with Crippen molar-refractivity contribution in [3.8, 4) is 5.75 Å². The molecule has 0 saturated heterocycles. The summed E-state index contributed by atoms with van der Waals surface area (Å²) in [6.45, 7) is 3.10. The third-order valence-corrected chi connectivity index (χ3v) is 2.65. The summed E-state index contributed by atoms with van der Waals surface area (Å²) < 4.78 is 31.1. The SMILES string of the molecule is CCOc1ccc(CNc2ccc(F)c(F)c2)cc1. The standard InChI is InChI=1S/C15H15F2NO/c1-2-19-13-6-3-11(4-7-13)10-18-12-5-8-14(16)15(17)9-12/h3-9,18H,2,10H2,1H3. The van der Waals surface area contributed by atoms with E-state index in [9.17, 15) is 8.78 Å². The first kappa shape index (κ1) is 13.3. The highest BCUT2D eigenvalue weighted by molar-refractivity contribution is 5.44. The van der Waals surface area contributed by atoms with E-state index in [4.69, 9.17) is 4.74 Å². The minimum atomic E-state index is -0.850. The Morgan fingerprint density at radius 1 is 1.00 bits per heavy atom. The molecule has 0 aliphatic rings. The van der Waals surface area contributed by atoms with Gasteiger partial charge in [0, 0.05) is 18.3 Å². The maximum atomic E-state index is 13.0. The summed E-state index contributed by atoms with van der Waals surface area (Å²) in [5, 5.41) is 3.03. The summed E-state index contributed by atoms with van der Waals surface area (Å²) in [6.07, 6.45) is 0. The molecule has 0 aliphatic carbocycles. The molecule has 1 N–H and O–H groups in total. The minimum absolute atomic E-state index is 0.539. The van der Waals surface area contributed by atoms with Gasteiger partial charge in [0.15, 0.2) is 11.6 Å². The zero-order chi connectivity index (χ0) is 13.7. The summed E-state index contributed by atoms with van der Waals surface area (Å²) in [5.41, 5.74) is 1.58. The molecule has 0 atom stereocenters. The lowest BCUT2D eigenvalue weighted by Gasteiger charge is -2.08. The zero-order valence-corrected chi connectivity index (χ0v) is 10.6. The molecule has 0 heterocycles. The van der Waals surface area contributed by atoms with E-state index < -0.39 is 11.6 Å². The lowest BCUT2D eigenvalue weighted by atomic mass is 10.2. The number of nitrogens with one attached hydrogen (secondary N) is 1. The number of anilines is 1. The molecular weight excluding hydrogens is 248 g/mol. The Hall–Kier alpha value is -2.10. The maximum absolute atomic E-state index is 13.0. The summed E-state index contributed by atoms with van der Waals surface area (Å²) in [4.78, 5) is 0. The summed E-state index contributed by atoms with van der Waals surface area (Å²) >= 11 is 0. The van der Waals surface area contributed by atoms with Crippen molar-refractivity contribution >= 4 is 5.69 Å². The average Bonchev–Trinajstić information content (AvgIpc) is 2.42. The number of benzene rings is 2. The van der Waals surface area contributed by atoms with Crippen LogP contribution in [0.4, 0.5) is 14.5 Å². The smallest absolute Gasteiger partial charge is 0.160 e. The Kier molecular flexibility index (Phi) is 4.34. The number of halogens is 2. The first-order valence-electron chi connectivity index (χ1n) is 6.09. The third-order valence-electron chi connectivity index (χ3n) is 2.65. The van der Waals surface area contributed by atoms with Gasteiger partial charge in [-0.25, -0.2) is 8.78 Å². The van der Waals surface area contributed by atoms with Crippen molar-refractivity contribution in [3.63, 3.8) is 0 Å². The van der Waals surface area contributed by atoms with E-state index in [2.05, 4.69) is 5.32 Å². The van der Waals surface area contributed by atoms with E-state index in [-0.39, 0.29) is 0 Å². The van der Waals surface area contributed by atoms with E-state index in [1.807, 2.05) is 31.2 Å². The second kappa shape index (κ2) is 6.18. The Balaban J connectivity index is 1.96. The van der Waals surface area contributed by atoms with E-state index in [1.165, 1.54) is 6.07 Å². The lowest BCUT2D eigenvalue weighted by Crippen LogP contribution is -2.00. The van der Waals surface area contributed by atoms with E-state index in [1.54, 1.807) is 0 Å². The normalized spacial score (nSPS) is 10.3. The van der Waals surface area contributed by atoms with Gasteiger partial charge in [-0.3, -0.25) is 0 Å². The van der Waals surface area contributed by atoms with Crippen LogP contribution in [-0.2, 0) is 6.54 Å². The van der Waals surface area contributed by atoms with Crippen LogP contribution >= 0.6 is 0 Å². The van der Waals surface area contributed by atoms with Gasteiger partial charge in [0.05, 0.1) is 6.61 Å². The topological polar surface area (TPSA) is 21.3 Å². The number of hydrogen-bond donors (Lipinski definition) is 1. The molecule has 0 spiro atoms. The predicted octanol–water partition coefficient (Wildman–Crippen LogP) is 3.98. The Labute approximate surface area is 111 Å². The van der Waals surface area contributed by atoms with Crippen molar-refractivity contribution in [2.24, 2.45) is 0 Å². The van der Waals surface area contributed by atoms with Gasteiger partial charge in [-0.15, -0.1) is 0 Å². The van der Waals surface area contributed by atoms with Crippen LogP contribution in [-0.4, -0.2) is 6.61 Å². The molecule has 4 heteroatoms. The molecule has 0 unspecified atom stereocenters. The molecule has 0 aromatic heterocycles. The van der Waals surface area contributed by atoms with Gasteiger partial charge in [0.25, 0.3) is 0 Å². The predicted molar refractivity (Wildman–Crippen MR) is 71.3 cm³/mol. The molecule has 0 aliphatic heterocycles. The molecule has 2 aromatic rings. The third kappa shape index (κ3) is 3.68. The van der Waals surface area contributed by atoms with Crippen molar-refractivity contribution in [3.05, 3.63) is 59.7 Å². The van der Waals surface area contributed by atoms with E-state index in [0.717, 1.165) is 23.4 Å². The van der Waals surface area contributed by atoms with Gasteiger partial charge in [0.2, 0.25) is 0 Å². The van der Waals surface area contributed by atoms with Crippen LogP contribution in [0.2, 0.25) is 0 Å². The van der Waals surface area contributed by atoms with Crippen molar-refractivity contribution in [1.82, 2.24) is 0 Å². The van der Waals surface area contributed by atoms with Crippen LogP contribution in [0.15, 0.2) is 42.5 Å². The van der Waals surface area contributed by atoms with Crippen LogP contribution < -0.4 is 10.1 Å². The van der Waals surface area contributed by atoms with Crippen LogP contribution in [0.25, 0.3) is 0 Å². The summed E-state index contributed by atoms with van der Waals surface area (Å²) in [6, 6.07) is 11.4. The van der Waals surface area contributed by atoms with Gasteiger partial charge in [-0.1, -0.05) is 12.1 Å². The lowest BCUT2D eigenvalue weighted by molar-refractivity contribution is 0.340. The highest BCUT2D eigenvalue weighted by atomic mass is 19.2. The molecule has 100 valence electrons. The van der Waals surface area contributed by atoms with Crippen LogP contribution in [0.5, 0.6) is 5.75 Å². The first-order valence-corrected chi connectivity index (χ1v) is 6.09. The van der Waals surface area contributed by atoms with Gasteiger partial charge < -0.3 is 10.1 Å². The average molecular weight is 263 g/mol. The largest absolute Gasteiger partial charge is 0.494 e. The molecule has 2 rings (SSSR count). The second-order valence-electron chi connectivity index (χ2n) is 4.06. The van der Waals surface area contributed by atoms with E-state index >= 15 is 0 Å². The minimum Gasteiger partial charge on any atom is -0.494 e. The highest BCUT2D eigenvalue weighted by Gasteiger charge is 2.02. The molecule has 2 aromatic carbocycles. The molecule has 0 saturated carbocycles. The quantitative estimate of drug-likeness (QED) is 0.881. The molecule has 0 radical (unpaired) electrons. The van der Waals surface area contributed by atoms with Crippen molar-refractivity contribution in [2.45, 2.75) is 13.5 Å². The van der Waals surface area contributed by atoms with E-state index in [0.29, 0.717) is 18.8 Å². The number of rotatable bonds is 5. The highest BCUT2D eigenvalue weighted by Crippen LogP contribution is 2.16. The first-order chi connectivity index (χ1) is 9.19. The fourth-order valence-electron chi connectivity index (χ4n) is 1.68. The Morgan fingerprint density at radius 3 is 2.37 bits per heavy atom. The molecule has 0 bridgehead atoms. The van der Waals surface area contributed by atoms with Gasteiger partial charge in [0.1, 0.15) is 5.75 Å². The Bertz CT molecular complexity index is 540. The maximum Gasteiger partial charge on any atom is 0.160 e. The fourth-order valence-corrected chi connectivity index (χ4v) is 1.68. The fraction of sp³-hybridized carbons (Fsp3) is 0.200. The summed E-state index contributed by atoms with van der Waals surface area (Å²) in [5.74, 6) is -0.873. The molecular formula is C15H15F2NO. The van der Waals surface area contributed by atoms with Gasteiger partial charge in [-0.2, -0.15) is 0 Å². The second-order valence-corrected chi connectivity index (χ2v) is 4.06. The van der Waals surface area contributed by atoms with Gasteiger partial charge in [-0.05, 0) is 36.8 Å². The Morgan fingerprint density at radius 2 is 1.74 bits per heavy atom. The zero-order valence-electron chi connectivity index (χ0n) is 10.6. The number of hydrogen-bond acceptors (Lipinski definition) is 2. The summed E-state index contributed by atoms with van der Waals surface area (Å²) in [7, 11) is 0. The number of ether oxygens (including phenoxy) is 1. The van der Waals surface area contributed by atoms with Crippen molar-refractivity contribution in [2.75, 3.05) is 11.9 Å².